The number of hydroxylamine groups is 3. The lowest BCUT2D eigenvalue weighted by atomic mass is 9.48. The largest absolute Gasteiger partial charge is 0.497 e. The van der Waals surface area contributed by atoms with Crippen molar-refractivity contribution in [1.29, 1.82) is 0 Å². The van der Waals surface area contributed by atoms with E-state index in [-0.39, 0.29) is 38.7 Å². The highest BCUT2D eigenvalue weighted by molar-refractivity contribution is 5.78. The van der Waals surface area contributed by atoms with Crippen LogP contribution in [0.3, 0.4) is 0 Å². The van der Waals surface area contributed by atoms with Gasteiger partial charge in [0, 0.05) is 0 Å². The highest BCUT2D eigenvalue weighted by atomic mass is 19.4. The third-order valence-corrected chi connectivity index (χ3v) is 8.44. The van der Waals surface area contributed by atoms with E-state index in [0.717, 1.165) is 17.8 Å². The Morgan fingerprint density at radius 1 is 1.00 bits per heavy atom. The molecular formula is C25H32F3N2O4+. The van der Waals surface area contributed by atoms with Gasteiger partial charge >= 0.3 is 12.1 Å². The summed E-state index contributed by atoms with van der Waals surface area (Å²) in [5.74, 6) is 0.817. The van der Waals surface area contributed by atoms with Crippen molar-refractivity contribution in [1.82, 2.24) is 4.90 Å². The quantitative estimate of drug-likeness (QED) is 0.600. The first-order valence-corrected chi connectivity index (χ1v) is 12.2. The second-order valence-corrected chi connectivity index (χ2v) is 11.0. The first-order valence-electron chi connectivity index (χ1n) is 12.2. The van der Waals surface area contributed by atoms with Crippen LogP contribution in [0.5, 0.6) is 5.75 Å². The number of quaternary nitrogens is 1. The van der Waals surface area contributed by atoms with Gasteiger partial charge in [0.25, 0.3) is 5.91 Å². The van der Waals surface area contributed by atoms with Gasteiger partial charge in [0.05, 0.1) is 13.1 Å². The lowest BCUT2D eigenvalue weighted by molar-refractivity contribution is -1.08. The number of hydrogen-bond donors (Lipinski definition) is 0. The van der Waals surface area contributed by atoms with E-state index in [9.17, 15) is 22.8 Å². The fourth-order valence-electron chi connectivity index (χ4n) is 7.09. The Labute approximate surface area is 197 Å². The number of halogens is 3. The van der Waals surface area contributed by atoms with E-state index < -0.39 is 16.8 Å². The van der Waals surface area contributed by atoms with E-state index in [1.807, 2.05) is 12.1 Å². The fraction of sp³-hybridized carbons (Fsp3) is 0.680. The average Bonchev–Trinajstić information content (AvgIpc) is 2.76. The van der Waals surface area contributed by atoms with E-state index >= 15 is 0 Å². The lowest BCUT2D eigenvalue weighted by Gasteiger charge is -2.57. The Morgan fingerprint density at radius 3 is 2.03 bits per heavy atom. The summed E-state index contributed by atoms with van der Waals surface area (Å²) in [6.07, 6.45) is 3.06. The molecule has 1 heterocycles. The van der Waals surface area contributed by atoms with E-state index in [1.54, 1.807) is 0 Å². The number of piperazine rings is 1. The van der Waals surface area contributed by atoms with Gasteiger partial charge in [-0.1, -0.05) is 12.1 Å². The predicted molar refractivity (Wildman–Crippen MR) is 116 cm³/mol. The van der Waals surface area contributed by atoms with Crippen molar-refractivity contribution in [2.45, 2.75) is 50.1 Å². The van der Waals surface area contributed by atoms with Crippen LogP contribution >= 0.6 is 0 Å². The van der Waals surface area contributed by atoms with E-state index in [2.05, 4.69) is 17.0 Å². The van der Waals surface area contributed by atoms with Gasteiger partial charge in [-0.15, -0.1) is 4.65 Å². The van der Waals surface area contributed by atoms with Crippen LogP contribution in [-0.4, -0.2) is 67.4 Å². The van der Waals surface area contributed by atoms with Gasteiger partial charge in [0.2, 0.25) is 0 Å². The second-order valence-electron chi connectivity index (χ2n) is 11.0. The summed E-state index contributed by atoms with van der Waals surface area (Å²) in [6.45, 7) is 0.424. The summed E-state index contributed by atoms with van der Waals surface area (Å²) < 4.78 is 42.7. The standard InChI is InChI=1S/C25H32F3N2O4/c1-30(34-23(32)25(26,27)28)8-6-29(7-9-30)22(31)16-33-21-4-2-20(3-5-21)24-13-17-10-18(14-24)12-19(11-17)15-24/h2-5,17-19H,6-16H2,1H3/q+1. The normalized spacial score (nSPS) is 31.9. The molecule has 0 aromatic heterocycles. The maximum absolute atomic E-state index is 12.6. The summed E-state index contributed by atoms with van der Waals surface area (Å²) in [6, 6.07) is 8.21. The Kier molecular flexibility index (Phi) is 5.81. The number of alkyl halides is 3. The molecule has 1 aliphatic heterocycles. The maximum atomic E-state index is 12.6. The summed E-state index contributed by atoms with van der Waals surface area (Å²) in [7, 11) is 1.41. The van der Waals surface area contributed by atoms with Gasteiger partial charge in [-0.3, -0.25) is 9.63 Å². The molecule has 0 unspecified atom stereocenters. The van der Waals surface area contributed by atoms with Crippen LogP contribution in [0.4, 0.5) is 13.2 Å². The number of benzene rings is 1. The molecular weight excluding hydrogens is 449 g/mol. The topological polar surface area (TPSA) is 55.8 Å². The van der Waals surface area contributed by atoms with Crippen LogP contribution < -0.4 is 4.74 Å². The molecule has 4 saturated carbocycles. The maximum Gasteiger partial charge on any atom is 0.497 e. The molecule has 1 amide bonds. The van der Waals surface area contributed by atoms with Gasteiger partial charge in [-0.25, -0.2) is 4.79 Å². The van der Waals surface area contributed by atoms with Crippen LogP contribution in [0, 0.1) is 17.8 Å². The van der Waals surface area contributed by atoms with Crippen molar-refractivity contribution < 1.29 is 37.0 Å². The zero-order chi connectivity index (χ0) is 24.1. The third kappa shape index (κ3) is 4.63. The van der Waals surface area contributed by atoms with E-state index in [4.69, 9.17) is 4.74 Å². The molecule has 5 aliphatic rings. The number of rotatable bonds is 5. The third-order valence-electron chi connectivity index (χ3n) is 8.44. The molecule has 1 aromatic carbocycles. The minimum atomic E-state index is -5.03. The molecule has 0 spiro atoms. The summed E-state index contributed by atoms with van der Waals surface area (Å²) in [4.78, 5) is 29.9. The molecule has 1 aromatic rings. The Balaban J connectivity index is 1.12. The number of nitrogens with zero attached hydrogens (tertiary/aromatic N) is 2. The van der Waals surface area contributed by atoms with Crippen molar-refractivity contribution in [2.24, 2.45) is 17.8 Å². The summed E-state index contributed by atoms with van der Waals surface area (Å²) >= 11 is 0. The zero-order valence-electron chi connectivity index (χ0n) is 19.5. The van der Waals surface area contributed by atoms with Gasteiger partial charge in [0.1, 0.15) is 25.9 Å². The Morgan fingerprint density at radius 2 is 1.53 bits per heavy atom. The first kappa shape index (κ1) is 23.5. The number of ether oxygens (including phenoxy) is 1. The smallest absolute Gasteiger partial charge is 0.484 e. The highest BCUT2D eigenvalue weighted by Crippen LogP contribution is 2.60. The van der Waals surface area contributed by atoms with Crippen LogP contribution in [0.15, 0.2) is 24.3 Å². The number of carbonyl (C=O) groups is 2. The van der Waals surface area contributed by atoms with Gasteiger partial charge < -0.3 is 9.64 Å². The van der Waals surface area contributed by atoms with Crippen molar-refractivity contribution in [3.63, 3.8) is 0 Å². The first-order chi connectivity index (χ1) is 16.0. The van der Waals surface area contributed by atoms with Crippen molar-refractivity contribution in [3.8, 4) is 5.75 Å². The molecule has 186 valence electrons. The molecule has 34 heavy (non-hydrogen) atoms. The van der Waals surface area contributed by atoms with Gasteiger partial charge in [0.15, 0.2) is 6.61 Å². The van der Waals surface area contributed by atoms with E-state index in [1.165, 1.54) is 56.0 Å². The molecule has 6 nitrogen and oxygen atoms in total. The average molecular weight is 482 g/mol. The molecule has 0 radical (unpaired) electrons. The fourth-order valence-corrected chi connectivity index (χ4v) is 7.09. The SMILES string of the molecule is C[N+]1(OC(=O)C(F)(F)F)CCN(C(=O)COc2ccc(C34CC5CC(CC(C5)C3)C4)cc2)CC1. The van der Waals surface area contributed by atoms with Crippen molar-refractivity contribution >= 4 is 11.9 Å². The highest BCUT2D eigenvalue weighted by Gasteiger charge is 2.51. The van der Waals surface area contributed by atoms with Crippen LogP contribution in [-0.2, 0) is 19.8 Å². The number of hydrogen-bond acceptors (Lipinski definition) is 4. The van der Waals surface area contributed by atoms with Crippen LogP contribution in [0.1, 0.15) is 44.1 Å². The molecule has 0 atom stereocenters. The molecule has 0 N–H and O–H groups in total. The summed E-state index contributed by atoms with van der Waals surface area (Å²) in [5, 5.41) is 0. The number of likely N-dealkylation sites (N-methyl/N-ethyl adjacent to an activating group) is 1. The minimum absolute atomic E-state index is 0.0906. The monoisotopic (exact) mass is 481 g/mol. The van der Waals surface area contributed by atoms with Gasteiger partial charge in [-0.2, -0.15) is 13.2 Å². The molecule has 4 bridgehead atoms. The summed E-state index contributed by atoms with van der Waals surface area (Å²) in [5.41, 5.74) is 1.71. The molecule has 1 saturated heterocycles. The zero-order valence-corrected chi connectivity index (χ0v) is 19.5. The number of amides is 1. The molecule has 5 fully saturated rings. The van der Waals surface area contributed by atoms with Crippen LogP contribution in [0.25, 0.3) is 0 Å². The lowest BCUT2D eigenvalue weighted by Crippen LogP contribution is -2.60. The Hall–Kier alpha value is -2.29. The molecule has 9 heteroatoms. The Bertz CT molecular complexity index is 903. The number of carbonyl (C=O) groups excluding carboxylic acids is 2. The molecule has 6 rings (SSSR count). The molecule has 4 aliphatic carbocycles. The van der Waals surface area contributed by atoms with Crippen molar-refractivity contribution in [3.05, 3.63) is 29.8 Å². The predicted octanol–water partition coefficient (Wildman–Crippen LogP) is 3.84. The van der Waals surface area contributed by atoms with Gasteiger partial charge in [-0.05, 0) is 79.4 Å². The van der Waals surface area contributed by atoms with Crippen LogP contribution in [0.2, 0.25) is 0 Å². The van der Waals surface area contributed by atoms with Crippen molar-refractivity contribution in [2.75, 3.05) is 39.8 Å². The van der Waals surface area contributed by atoms with E-state index in [0.29, 0.717) is 11.2 Å². The second kappa shape index (κ2) is 8.43. The minimum Gasteiger partial charge on any atom is -0.484 e.